The first-order valence-corrected chi connectivity index (χ1v) is 8.65. The maximum absolute atomic E-state index is 4.75. The number of rotatable bonds is 3. The zero-order valence-corrected chi connectivity index (χ0v) is 14.9. The van der Waals surface area contributed by atoms with Crippen LogP contribution in [0, 0.1) is 13.8 Å². The number of nitrogens with zero attached hydrogens (tertiary/aromatic N) is 6. The minimum Gasteiger partial charge on any atom is -0.272 e. The van der Waals surface area contributed by atoms with Crippen LogP contribution in [0.5, 0.6) is 0 Å². The summed E-state index contributed by atoms with van der Waals surface area (Å²) in [4.78, 5) is 19.0. The highest BCUT2D eigenvalue weighted by atomic mass is 32.1. The summed E-state index contributed by atoms with van der Waals surface area (Å²) in [6.45, 7) is 4.01. The predicted molar refractivity (Wildman–Crippen MR) is 98.0 cm³/mol. The molecule has 4 aromatic heterocycles. The van der Waals surface area contributed by atoms with Gasteiger partial charge in [-0.25, -0.2) is 9.97 Å². The van der Waals surface area contributed by atoms with Gasteiger partial charge >= 0.3 is 0 Å². The fraction of sp³-hybridized carbons (Fsp3) is 0.167. The molecule has 0 atom stereocenters. The summed E-state index contributed by atoms with van der Waals surface area (Å²) in [5.41, 5.74) is 5.42. The summed E-state index contributed by atoms with van der Waals surface area (Å²) in [6, 6.07) is 5.93. The molecule has 6 nitrogen and oxygen atoms in total. The van der Waals surface area contributed by atoms with Gasteiger partial charge in [-0.2, -0.15) is 5.10 Å². The second-order valence-corrected chi connectivity index (χ2v) is 6.76. The molecule has 4 aromatic rings. The topological polar surface area (TPSA) is 69.4 Å². The lowest BCUT2D eigenvalue weighted by molar-refractivity contribution is 0.742. The maximum atomic E-state index is 4.75. The fourth-order valence-electron chi connectivity index (χ4n) is 2.53. The van der Waals surface area contributed by atoms with Gasteiger partial charge in [0.25, 0.3) is 0 Å². The van der Waals surface area contributed by atoms with Crippen molar-refractivity contribution in [3.63, 3.8) is 0 Å². The molecule has 4 heterocycles. The molecule has 124 valence electrons. The Morgan fingerprint density at radius 2 is 1.80 bits per heavy atom. The Bertz CT molecular complexity index is 1020. The lowest BCUT2D eigenvalue weighted by Gasteiger charge is -2.00. The molecule has 0 aliphatic rings. The van der Waals surface area contributed by atoms with Crippen LogP contribution in [0.2, 0.25) is 0 Å². The summed E-state index contributed by atoms with van der Waals surface area (Å²) >= 11 is 1.60. The molecule has 0 unspecified atom stereocenters. The van der Waals surface area contributed by atoms with Crippen molar-refractivity contribution in [1.82, 2.24) is 29.7 Å². The van der Waals surface area contributed by atoms with Crippen LogP contribution in [0.4, 0.5) is 0 Å². The molecular weight excluding hydrogens is 332 g/mol. The molecule has 0 saturated heterocycles. The van der Waals surface area contributed by atoms with Crippen molar-refractivity contribution in [1.29, 1.82) is 0 Å². The van der Waals surface area contributed by atoms with Gasteiger partial charge in [0.2, 0.25) is 0 Å². The van der Waals surface area contributed by atoms with Crippen molar-refractivity contribution in [2.45, 2.75) is 13.8 Å². The lowest BCUT2D eigenvalue weighted by Crippen LogP contribution is -1.94. The second-order valence-electron chi connectivity index (χ2n) is 5.76. The first-order valence-electron chi connectivity index (χ1n) is 7.83. The van der Waals surface area contributed by atoms with Crippen LogP contribution in [0.3, 0.4) is 0 Å². The molecule has 0 radical (unpaired) electrons. The third kappa shape index (κ3) is 2.94. The second kappa shape index (κ2) is 6.18. The number of hydrogen-bond acceptors (Lipinski definition) is 6. The molecule has 0 aliphatic carbocycles. The Morgan fingerprint density at radius 1 is 0.960 bits per heavy atom. The van der Waals surface area contributed by atoms with Crippen molar-refractivity contribution < 1.29 is 0 Å². The highest BCUT2D eigenvalue weighted by molar-refractivity contribution is 7.18. The smallest absolute Gasteiger partial charge is 0.125 e. The van der Waals surface area contributed by atoms with E-state index in [-0.39, 0.29) is 0 Å². The quantitative estimate of drug-likeness (QED) is 0.565. The number of hydrogen-bond donors (Lipinski definition) is 0. The van der Waals surface area contributed by atoms with Gasteiger partial charge in [0, 0.05) is 30.7 Å². The summed E-state index contributed by atoms with van der Waals surface area (Å²) in [7, 11) is 1.92. The molecule has 0 aliphatic heterocycles. The van der Waals surface area contributed by atoms with Gasteiger partial charge in [0.05, 0.1) is 23.0 Å². The first-order chi connectivity index (χ1) is 12.1. The molecule has 25 heavy (non-hydrogen) atoms. The number of pyridine rings is 1. The lowest BCUT2D eigenvalue weighted by atomic mass is 10.2. The predicted octanol–water partition coefficient (Wildman–Crippen LogP) is 3.68. The van der Waals surface area contributed by atoms with Crippen LogP contribution in [0.15, 0.2) is 43.0 Å². The largest absolute Gasteiger partial charge is 0.272 e. The van der Waals surface area contributed by atoms with Gasteiger partial charge in [0.1, 0.15) is 22.1 Å². The van der Waals surface area contributed by atoms with E-state index in [1.165, 1.54) is 0 Å². The minimum absolute atomic E-state index is 0.761. The third-order valence-corrected chi connectivity index (χ3v) is 5.18. The standard InChI is InChI=1S/C18H16N6S/c1-11-7-14(23-24(11)3)15-9-20-10-16(22-15)17-12(2)21-18(25-17)13-5-4-6-19-8-13/h4-10H,1-3H3. The molecule has 0 aromatic carbocycles. The highest BCUT2D eigenvalue weighted by Crippen LogP contribution is 2.34. The number of thiazole rings is 1. The molecule has 4 rings (SSSR count). The van der Waals surface area contributed by atoms with E-state index in [9.17, 15) is 0 Å². The Balaban J connectivity index is 1.76. The van der Waals surface area contributed by atoms with E-state index in [1.54, 1.807) is 29.9 Å². The summed E-state index contributed by atoms with van der Waals surface area (Å²) in [5.74, 6) is 0. The zero-order valence-electron chi connectivity index (χ0n) is 14.1. The zero-order chi connectivity index (χ0) is 17.4. The average molecular weight is 348 g/mol. The van der Waals surface area contributed by atoms with Gasteiger partial charge < -0.3 is 0 Å². The third-order valence-electron chi connectivity index (χ3n) is 3.95. The summed E-state index contributed by atoms with van der Waals surface area (Å²) in [6.07, 6.45) is 7.09. The fourth-order valence-corrected chi connectivity index (χ4v) is 3.54. The van der Waals surface area contributed by atoms with Gasteiger partial charge in [0.15, 0.2) is 0 Å². The van der Waals surface area contributed by atoms with Gasteiger partial charge in [-0.05, 0) is 32.0 Å². The highest BCUT2D eigenvalue weighted by Gasteiger charge is 2.14. The maximum Gasteiger partial charge on any atom is 0.125 e. The van der Waals surface area contributed by atoms with Crippen LogP contribution in [-0.4, -0.2) is 29.7 Å². The van der Waals surface area contributed by atoms with Crippen LogP contribution in [0.25, 0.3) is 32.5 Å². The monoisotopic (exact) mass is 348 g/mol. The SMILES string of the molecule is Cc1nc(-c2cccnc2)sc1-c1cncc(-c2cc(C)n(C)n2)n1. The van der Waals surface area contributed by atoms with E-state index in [1.807, 2.05) is 50.0 Å². The van der Waals surface area contributed by atoms with Crippen LogP contribution >= 0.6 is 11.3 Å². The number of aryl methyl sites for hydroxylation is 3. The van der Waals surface area contributed by atoms with Crippen molar-refractivity contribution in [2.75, 3.05) is 0 Å². The van der Waals surface area contributed by atoms with Gasteiger partial charge in [-0.1, -0.05) is 0 Å². The Hall–Kier alpha value is -2.93. The van der Waals surface area contributed by atoms with E-state index in [0.29, 0.717) is 0 Å². The van der Waals surface area contributed by atoms with E-state index in [4.69, 9.17) is 4.98 Å². The van der Waals surface area contributed by atoms with Crippen molar-refractivity contribution in [2.24, 2.45) is 7.05 Å². The van der Waals surface area contributed by atoms with E-state index >= 15 is 0 Å². The molecule has 0 saturated carbocycles. The van der Waals surface area contributed by atoms with Crippen molar-refractivity contribution >= 4 is 11.3 Å². The Kier molecular flexibility index (Phi) is 3.85. The normalized spacial score (nSPS) is 11.0. The van der Waals surface area contributed by atoms with Crippen molar-refractivity contribution in [3.8, 4) is 32.5 Å². The molecule has 0 fully saturated rings. The molecule has 0 bridgehead atoms. The van der Waals surface area contributed by atoms with E-state index in [2.05, 4.69) is 20.1 Å². The Morgan fingerprint density at radius 3 is 2.52 bits per heavy atom. The molecule has 0 spiro atoms. The molecule has 0 N–H and O–H groups in total. The van der Waals surface area contributed by atoms with Gasteiger partial charge in [-0.15, -0.1) is 11.3 Å². The molecule has 7 heteroatoms. The van der Waals surface area contributed by atoms with Crippen LogP contribution < -0.4 is 0 Å². The first kappa shape index (κ1) is 15.6. The summed E-state index contributed by atoms with van der Waals surface area (Å²) in [5, 5.41) is 5.42. The number of aromatic nitrogens is 6. The van der Waals surface area contributed by atoms with E-state index in [0.717, 1.165) is 43.9 Å². The molecule has 0 amide bonds. The van der Waals surface area contributed by atoms with Crippen molar-refractivity contribution in [3.05, 3.63) is 54.4 Å². The van der Waals surface area contributed by atoms with Crippen LogP contribution in [0.1, 0.15) is 11.4 Å². The van der Waals surface area contributed by atoms with E-state index < -0.39 is 0 Å². The minimum atomic E-state index is 0.761. The van der Waals surface area contributed by atoms with Gasteiger partial charge in [-0.3, -0.25) is 14.6 Å². The van der Waals surface area contributed by atoms with Crippen LogP contribution in [-0.2, 0) is 7.05 Å². The average Bonchev–Trinajstić information content (AvgIpc) is 3.19. The molecular formula is C18H16N6S. The Labute approximate surface area is 149 Å². The summed E-state index contributed by atoms with van der Waals surface area (Å²) < 4.78 is 1.84.